The molecule has 2 unspecified atom stereocenters. The maximum atomic E-state index is 13.4. The van der Waals surface area contributed by atoms with Crippen LogP contribution in [0.1, 0.15) is 82.2 Å². The third-order valence-electron chi connectivity index (χ3n) is 12.1. The quantitative estimate of drug-likeness (QED) is 0.0626. The molecule has 3 aromatic rings. The summed E-state index contributed by atoms with van der Waals surface area (Å²) in [5.74, 6) is -5.42. The number of hydrogen-bond donors (Lipinski definition) is 4. The number of carbonyl (C=O) groups excluding carboxylic acids is 7. The van der Waals surface area contributed by atoms with Gasteiger partial charge in [-0.1, -0.05) is 66.7 Å². The molecule has 9 atom stereocenters. The fourth-order valence-electron chi connectivity index (χ4n) is 8.93. The van der Waals surface area contributed by atoms with Gasteiger partial charge in [0.15, 0.2) is 5.92 Å². The van der Waals surface area contributed by atoms with Gasteiger partial charge in [0.05, 0.1) is 6.61 Å². The first-order chi connectivity index (χ1) is 31.7. The summed E-state index contributed by atoms with van der Waals surface area (Å²) < 4.78 is 19.0. The number of ether oxygens (including phenoxy) is 4. The second-order valence-corrected chi connectivity index (χ2v) is 21.1. The number of carboxylic acids is 1. The first-order valence-electron chi connectivity index (χ1n) is 21.8. The fourth-order valence-corrected chi connectivity index (χ4v) is 12.2. The Kier molecular flexibility index (Phi) is 14.3. The highest BCUT2D eigenvalue weighted by atomic mass is 32.2. The maximum Gasteiger partial charge on any atom is 0.511 e. The Balaban J connectivity index is 0.000000200. The molecule has 0 aromatic heterocycles. The van der Waals surface area contributed by atoms with Crippen LogP contribution in [-0.2, 0) is 60.6 Å². The fraction of sp³-hybridized carbons (Fsp3) is 0.447. The summed E-state index contributed by atoms with van der Waals surface area (Å²) in [6, 6.07) is 18.4. The molecule has 0 spiro atoms. The van der Waals surface area contributed by atoms with E-state index in [1.807, 2.05) is 18.2 Å². The van der Waals surface area contributed by atoms with Gasteiger partial charge in [-0.2, -0.15) is 0 Å². The number of β-lactam (4-membered cyclic amide) rings is 2. The number of aryl methyl sites for hydroxylation is 2. The second-order valence-electron chi connectivity index (χ2n) is 17.6. The number of carboxylic acid groups (broad SMARTS) is 1. The minimum Gasteiger partial charge on any atom is -0.480 e. The van der Waals surface area contributed by atoms with Crippen molar-refractivity contribution in [3.05, 3.63) is 101 Å². The zero-order chi connectivity index (χ0) is 48.5. The van der Waals surface area contributed by atoms with Gasteiger partial charge in [0.2, 0.25) is 29.9 Å². The lowest BCUT2D eigenvalue weighted by molar-refractivity contribution is -0.180. The molecule has 20 heteroatoms. The highest BCUT2D eigenvalue weighted by Crippen LogP contribution is 2.52. The van der Waals surface area contributed by atoms with Crippen molar-refractivity contribution >= 4 is 71.2 Å². The standard InChI is InChI=1S/C26H26N2O6S.C21H27N3O7S/c1-26(2)20(24(31)32)28-22(30)19(23(28)35-26)27-21(29)18(15-7-4-3-5-8-15)25(33)34-17-12-11-14-9-6-10-16(14)13-17;1-5-29-20(28)31-11(2)30-19(27)15-21(3,4)32-18-14(17(26)24(15)18)23-16(25)13(22)12-9-7-6-8-10-12/h3-5,7-8,11-13,18-20,23H,6,9-10H2,1-2H3,(H,27,29)(H,31,32);6-11,13-15,18H,5,22H2,1-4H3,(H,23,25)/t18?,19-,20+,23-;11?,13-,14-,15+,18-/m11/s1. The first kappa shape index (κ1) is 48.8. The molecule has 3 aromatic carbocycles. The molecular weight excluding hydrogens is 907 g/mol. The first-order valence-corrected chi connectivity index (χ1v) is 23.6. The number of rotatable bonds is 13. The third-order valence-corrected chi connectivity index (χ3v) is 15.2. The van der Waals surface area contributed by atoms with Crippen LogP contribution in [0.15, 0.2) is 78.9 Å². The van der Waals surface area contributed by atoms with Crippen molar-refractivity contribution in [1.29, 1.82) is 0 Å². The molecule has 67 heavy (non-hydrogen) atoms. The van der Waals surface area contributed by atoms with Crippen LogP contribution in [0.2, 0.25) is 0 Å². The summed E-state index contributed by atoms with van der Waals surface area (Å²) in [6.07, 6.45) is 0.855. The van der Waals surface area contributed by atoms with E-state index in [1.54, 1.807) is 95.3 Å². The van der Waals surface area contributed by atoms with Crippen LogP contribution in [0, 0.1) is 0 Å². The molecule has 1 aliphatic carbocycles. The van der Waals surface area contributed by atoms with Crippen LogP contribution in [0.5, 0.6) is 5.75 Å². The van der Waals surface area contributed by atoms with E-state index in [0.29, 0.717) is 16.9 Å². The van der Waals surface area contributed by atoms with E-state index >= 15 is 0 Å². The van der Waals surface area contributed by atoms with E-state index in [-0.39, 0.29) is 6.61 Å². The number of thioether (sulfide) groups is 2. The van der Waals surface area contributed by atoms with E-state index < -0.39 is 110 Å². The number of amides is 4. The van der Waals surface area contributed by atoms with Crippen molar-refractivity contribution in [2.24, 2.45) is 5.73 Å². The molecule has 4 saturated heterocycles. The molecule has 18 nitrogen and oxygen atoms in total. The van der Waals surface area contributed by atoms with E-state index in [4.69, 9.17) is 19.9 Å². The monoisotopic (exact) mass is 959 g/mol. The summed E-state index contributed by atoms with van der Waals surface area (Å²) in [7, 11) is 0. The van der Waals surface area contributed by atoms with Gasteiger partial charge in [-0.05, 0) is 88.3 Å². The van der Waals surface area contributed by atoms with Crippen LogP contribution in [-0.4, -0.2) is 120 Å². The zero-order valence-corrected chi connectivity index (χ0v) is 39.3. The Morgan fingerprint density at radius 3 is 1.88 bits per heavy atom. The number of nitrogens with one attached hydrogen (secondary N) is 2. The number of carbonyl (C=O) groups is 8. The second kappa shape index (κ2) is 19.6. The molecule has 4 aliphatic heterocycles. The molecule has 356 valence electrons. The van der Waals surface area contributed by atoms with Crippen LogP contribution in [0.25, 0.3) is 0 Å². The number of aliphatic carboxylic acids is 1. The van der Waals surface area contributed by atoms with Crippen LogP contribution in [0.4, 0.5) is 4.79 Å². The predicted molar refractivity (Wildman–Crippen MR) is 244 cm³/mol. The van der Waals surface area contributed by atoms with Crippen LogP contribution >= 0.6 is 23.5 Å². The molecule has 5 aliphatic rings. The van der Waals surface area contributed by atoms with Gasteiger partial charge < -0.3 is 50.2 Å². The summed E-state index contributed by atoms with van der Waals surface area (Å²) >= 11 is 2.71. The van der Waals surface area contributed by atoms with Gasteiger partial charge in [-0.3, -0.25) is 24.0 Å². The third kappa shape index (κ3) is 9.97. The topological polar surface area (TPSA) is 250 Å². The highest BCUT2D eigenvalue weighted by molar-refractivity contribution is 8.02. The molecule has 4 fully saturated rings. The minimum absolute atomic E-state index is 0.122. The molecular formula is C47H53N5O13S2. The number of esters is 2. The number of nitrogens with zero attached hydrogens (tertiary/aromatic N) is 2. The Morgan fingerprint density at radius 2 is 1.30 bits per heavy atom. The minimum atomic E-state index is -1.28. The molecule has 4 heterocycles. The molecule has 4 amide bonds. The summed E-state index contributed by atoms with van der Waals surface area (Å²) in [5, 5.41) is 14.1. The van der Waals surface area contributed by atoms with E-state index in [9.17, 15) is 43.5 Å². The van der Waals surface area contributed by atoms with Gasteiger partial charge in [-0.25, -0.2) is 14.4 Å². The highest BCUT2D eigenvalue weighted by Gasteiger charge is 2.66. The number of fused-ring (bicyclic) bond motifs is 3. The summed E-state index contributed by atoms with van der Waals surface area (Å²) in [5.41, 5.74) is 9.49. The van der Waals surface area contributed by atoms with Crippen molar-refractivity contribution in [3.63, 3.8) is 0 Å². The van der Waals surface area contributed by atoms with Crippen molar-refractivity contribution in [2.45, 2.75) is 123 Å². The molecule has 8 rings (SSSR count). The maximum absolute atomic E-state index is 13.4. The van der Waals surface area contributed by atoms with E-state index in [1.165, 1.54) is 45.8 Å². The lowest BCUT2D eigenvalue weighted by Gasteiger charge is -2.44. The van der Waals surface area contributed by atoms with E-state index in [2.05, 4.69) is 15.4 Å². The lowest BCUT2D eigenvalue weighted by Crippen LogP contribution is -2.71. The Bertz CT molecular complexity index is 2440. The lowest BCUT2D eigenvalue weighted by atomic mass is 9.94. The smallest absolute Gasteiger partial charge is 0.480 e. The number of hydrogen-bond acceptors (Lipinski definition) is 15. The van der Waals surface area contributed by atoms with Crippen molar-refractivity contribution in [2.75, 3.05) is 6.61 Å². The zero-order valence-electron chi connectivity index (χ0n) is 37.7. The average Bonchev–Trinajstić information content (AvgIpc) is 3.93. The van der Waals surface area contributed by atoms with Crippen molar-refractivity contribution in [3.8, 4) is 5.75 Å². The SMILES string of the molecule is CC1(C)S[C@@H]2[C@H](NC(=O)C(C(=O)Oc3ccc4c(c3)CCC4)c3ccccc3)C(=O)N2[C@H]1C(=O)O.CCOC(=O)OC(C)OC(=O)[C@@H]1N2C(=O)[C@@H](NC(=O)[C@H](N)c3ccccc3)[C@H]2SC1(C)C. The predicted octanol–water partition coefficient (Wildman–Crippen LogP) is 3.79. The van der Waals surface area contributed by atoms with Gasteiger partial charge in [0.25, 0.3) is 0 Å². The van der Waals surface area contributed by atoms with Gasteiger partial charge in [0.1, 0.15) is 46.7 Å². The normalized spacial score (nSPS) is 24.9. The average molecular weight is 960 g/mol. The van der Waals surface area contributed by atoms with Crippen molar-refractivity contribution < 1.29 is 62.4 Å². The van der Waals surface area contributed by atoms with E-state index in [0.717, 1.165) is 24.8 Å². The molecule has 5 N–H and O–H groups in total. The largest absolute Gasteiger partial charge is 0.511 e. The van der Waals surface area contributed by atoms with Crippen molar-refractivity contribution in [1.82, 2.24) is 20.4 Å². The number of benzene rings is 3. The van der Waals surface area contributed by atoms with Crippen LogP contribution < -0.4 is 21.1 Å². The molecule has 0 saturated carbocycles. The van der Waals surface area contributed by atoms with Gasteiger partial charge in [-0.15, -0.1) is 23.5 Å². The van der Waals surface area contributed by atoms with Gasteiger partial charge in [0, 0.05) is 16.4 Å². The molecule has 0 radical (unpaired) electrons. The summed E-state index contributed by atoms with van der Waals surface area (Å²) in [6.45, 7) is 10.3. The van der Waals surface area contributed by atoms with Gasteiger partial charge >= 0.3 is 24.1 Å². The summed E-state index contributed by atoms with van der Waals surface area (Å²) in [4.78, 5) is 104. The molecule has 0 bridgehead atoms. The van der Waals surface area contributed by atoms with Crippen LogP contribution in [0.3, 0.4) is 0 Å². The Morgan fingerprint density at radius 1 is 0.761 bits per heavy atom. The number of nitrogens with two attached hydrogens (primary N) is 1. The Hall–Kier alpha value is -6.12. The Labute approximate surface area is 395 Å².